The molecule has 0 saturated heterocycles. The minimum atomic E-state index is 0.297. The van der Waals surface area contributed by atoms with E-state index in [2.05, 4.69) is 13.8 Å². The zero-order chi connectivity index (χ0) is 10.1. The summed E-state index contributed by atoms with van der Waals surface area (Å²) >= 11 is 0. The third kappa shape index (κ3) is 7.97. The van der Waals surface area contributed by atoms with Crippen molar-refractivity contribution >= 4 is 6.29 Å². The molecule has 0 aliphatic carbocycles. The van der Waals surface area contributed by atoms with E-state index in [1.165, 1.54) is 12.8 Å². The van der Waals surface area contributed by atoms with Crippen LogP contribution in [0, 0.1) is 11.8 Å². The molecule has 0 amide bonds. The highest BCUT2D eigenvalue weighted by Crippen LogP contribution is 2.16. The molecule has 0 aromatic rings. The van der Waals surface area contributed by atoms with Gasteiger partial charge in [-0.15, -0.1) is 0 Å². The number of carbonyl (C=O) groups excluding carboxylic acids is 1. The van der Waals surface area contributed by atoms with Crippen LogP contribution in [0.15, 0.2) is 0 Å². The second-order valence-corrected chi connectivity index (χ2v) is 4.06. The molecule has 0 aliphatic heterocycles. The fraction of sp³-hybridized carbons (Fsp3) is 0.909. The Hall–Kier alpha value is -0.370. The van der Waals surface area contributed by atoms with Gasteiger partial charge in [-0.3, -0.25) is 0 Å². The van der Waals surface area contributed by atoms with Crippen molar-refractivity contribution in [2.75, 3.05) is 6.61 Å². The smallest absolute Gasteiger partial charge is 0.120 e. The molecule has 0 aromatic carbocycles. The lowest BCUT2D eigenvalue weighted by Gasteiger charge is -2.11. The van der Waals surface area contributed by atoms with Crippen LogP contribution in [0.4, 0.5) is 0 Å². The van der Waals surface area contributed by atoms with E-state index in [4.69, 9.17) is 5.11 Å². The molecule has 1 N–H and O–H groups in total. The number of aldehydes is 1. The third-order valence-electron chi connectivity index (χ3n) is 2.51. The normalized spacial score (nSPS) is 15.3. The standard InChI is InChI=1S/C11H22O2/c1-10(6-8-12)4-3-5-11(2)7-9-13/h8,10-11,13H,3-7,9H2,1-2H3. The van der Waals surface area contributed by atoms with Crippen LogP contribution in [0.2, 0.25) is 0 Å². The Morgan fingerprint density at radius 1 is 1.15 bits per heavy atom. The van der Waals surface area contributed by atoms with Crippen molar-refractivity contribution < 1.29 is 9.90 Å². The highest BCUT2D eigenvalue weighted by Gasteiger charge is 2.04. The minimum Gasteiger partial charge on any atom is -0.396 e. The van der Waals surface area contributed by atoms with Crippen LogP contribution < -0.4 is 0 Å². The van der Waals surface area contributed by atoms with Gasteiger partial charge in [0.15, 0.2) is 0 Å². The number of hydrogen-bond donors (Lipinski definition) is 1. The summed E-state index contributed by atoms with van der Waals surface area (Å²) in [4.78, 5) is 10.2. The van der Waals surface area contributed by atoms with Crippen LogP contribution in [0.25, 0.3) is 0 Å². The largest absolute Gasteiger partial charge is 0.396 e. The number of rotatable bonds is 8. The maximum atomic E-state index is 10.2. The van der Waals surface area contributed by atoms with E-state index >= 15 is 0 Å². The zero-order valence-electron chi connectivity index (χ0n) is 8.83. The van der Waals surface area contributed by atoms with E-state index in [1.54, 1.807) is 0 Å². The molecule has 13 heavy (non-hydrogen) atoms. The van der Waals surface area contributed by atoms with E-state index in [-0.39, 0.29) is 0 Å². The average molecular weight is 186 g/mol. The van der Waals surface area contributed by atoms with Crippen molar-refractivity contribution in [2.24, 2.45) is 11.8 Å². The molecule has 0 rings (SSSR count). The van der Waals surface area contributed by atoms with Gasteiger partial charge in [0.25, 0.3) is 0 Å². The number of aliphatic hydroxyl groups is 1. The minimum absolute atomic E-state index is 0.297. The van der Waals surface area contributed by atoms with E-state index in [0.29, 0.717) is 24.9 Å². The second-order valence-electron chi connectivity index (χ2n) is 4.06. The van der Waals surface area contributed by atoms with Crippen LogP contribution in [-0.2, 0) is 4.79 Å². The molecular formula is C11H22O2. The van der Waals surface area contributed by atoms with Gasteiger partial charge in [-0.25, -0.2) is 0 Å². The molecule has 0 aliphatic rings. The van der Waals surface area contributed by atoms with Crippen LogP contribution in [-0.4, -0.2) is 18.0 Å². The van der Waals surface area contributed by atoms with Gasteiger partial charge >= 0.3 is 0 Å². The summed E-state index contributed by atoms with van der Waals surface area (Å²) < 4.78 is 0. The van der Waals surface area contributed by atoms with E-state index < -0.39 is 0 Å². The van der Waals surface area contributed by atoms with Gasteiger partial charge < -0.3 is 9.90 Å². The fourth-order valence-corrected chi connectivity index (χ4v) is 1.46. The highest BCUT2D eigenvalue weighted by molar-refractivity contribution is 5.49. The maximum absolute atomic E-state index is 10.2. The van der Waals surface area contributed by atoms with Crippen LogP contribution in [0.5, 0.6) is 0 Å². The summed E-state index contributed by atoms with van der Waals surface area (Å²) in [5.74, 6) is 1.15. The molecular weight excluding hydrogens is 164 g/mol. The lowest BCUT2D eigenvalue weighted by Crippen LogP contribution is -2.00. The Bertz CT molecular complexity index is 123. The Labute approximate surface area is 81.3 Å². The van der Waals surface area contributed by atoms with Gasteiger partial charge in [-0.05, 0) is 18.3 Å². The van der Waals surface area contributed by atoms with E-state index in [9.17, 15) is 4.79 Å². The Morgan fingerprint density at radius 2 is 1.77 bits per heavy atom. The fourth-order valence-electron chi connectivity index (χ4n) is 1.46. The van der Waals surface area contributed by atoms with Gasteiger partial charge in [0.1, 0.15) is 6.29 Å². The first-order valence-electron chi connectivity index (χ1n) is 5.25. The summed E-state index contributed by atoms with van der Waals surface area (Å²) in [5, 5.41) is 8.68. The molecule has 0 aromatic heterocycles. The molecule has 0 fully saturated rings. The Kier molecular flexibility index (Phi) is 8.00. The van der Waals surface area contributed by atoms with Crippen LogP contribution >= 0.6 is 0 Å². The Balaban J connectivity index is 3.27. The van der Waals surface area contributed by atoms with Crippen molar-refractivity contribution in [3.63, 3.8) is 0 Å². The molecule has 0 saturated carbocycles. The second kappa shape index (κ2) is 8.24. The first-order valence-corrected chi connectivity index (χ1v) is 5.25. The summed E-state index contributed by atoms with van der Waals surface area (Å²) in [7, 11) is 0. The van der Waals surface area contributed by atoms with E-state index in [0.717, 1.165) is 19.1 Å². The zero-order valence-corrected chi connectivity index (χ0v) is 8.83. The van der Waals surface area contributed by atoms with Crippen LogP contribution in [0.3, 0.4) is 0 Å². The van der Waals surface area contributed by atoms with Crippen molar-refractivity contribution in [1.82, 2.24) is 0 Å². The number of carbonyl (C=O) groups is 1. The molecule has 78 valence electrons. The van der Waals surface area contributed by atoms with Gasteiger partial charge in [-0.2, -0.15) is 0 Å². The first kappa shape index (κ1) is 12.6. The van der Waals surface area contributed by atoms with Crippen LogP contribution in [0.1, 0.15) is 46.0 Å². The molecule has 2 nitrogen and oxygen atoms in total. The molecule has 2 unspecified atom stereocenters. The highest BCUT2D eigenvalue weighted by atomic mass is 16.3. The lowest BCUT2D eigenvalue weighted by atomic mass is 9.95. The summed E-state index contributed by atoms with van der Waals surface area (Å²) in [6, 6.07) is 0. The van der Waals surface area contributed by atoms with E-state index in [1.807, 2.05) is 0 Å². The quantitative estimate of drug-likeness (QED) is 0.591. The Morgan fingerprint density at radius 3 is 2.31 bits per heavy atom. The average Bonchev–Trinajstić information content (AvgIpc) is 2.05. The lowest BCUT2D eigenvalue weighted by molar-refractivity contribution is -0.108. The first-order chi connectivity index (χ1) is 6.20. The summed E-state index contributed by atoms with van der Waals surface area (Å²) in [6.07, 6.45) is 6.08. The van der Waals surface area contributed by atoms with Gasteiger partial charge in [0.2, 0.25) is 0 Å². The van der Waals surface area contributed by atoms with Crippen molar-refractivity contribution in [1.29, 1.82) is 0 Å². The molecule has 0 spiro atoms. The van der Waals surface area contributed by atoms with Gasteiger partial charge in [-0.1, -0.05) is 33.1 Å². The van der Waals surface area contributed by atoms with Crippen molar-refractivity contribution in [2.45, 2.75) is 46.0 Å². The number of aliphatic hydroxyl groups excluding tert-OH is 1. The monoisotopic (exact) mass is 186 g/mol. The summed E-state index contributed by atoms with van der Waals surface area (Å²) in [5.41, 5.74) is 0. The predicted octanol–water partition coefficient (Wildman–Crippen LogP) is 2.40. The SMILES string of the molecule is CC(CC=O)CCCC(C)CCO. The molecule has 2 atom stereocenters. The topological polar surface area (TPSA) is 37.3 Å². The van der Waals surface area contributed by atoms with Gasteiger partial charge in [0, 0.05) is 13.0 Å². The molecule has 2 heteroatoms. The van der Waals surface area contributed by atoms with Gasteiger partial charge in [0.05, 0.1) is 0 Å². The summed E-state index contributed by atoms with van der Waals surface area (Å²) in [6.45, 7) is 4.58. The molecule has 0 radical (unpaired) electrons. The van der Waals surface area contributed by atoms with Crippen molar-refractivity contribution in [3.05, 3.63) is 0 Å². The molecule has 0 heterocycles. The number of hydrogen-bond acceptors (Lipinski definition) is 2. The molecule has 0 bridgehead atoms. The third-order valence-corrected chi connectivity index (χ3v) is 2.51. The van der Waals surface area contributed by atoms with Crippen molar-refractivity contribution in [3.8, 4) is 0 Å². The maximum Gasteiger partial charge on any atom is 0.120 e. The predicted molar refractivity (Wildman–Crippen MR) is 54.6 cm³/mol.